The molecule has 6 nitrogen and oxygen atoms in total. The number of ether oxygens (including phenoxy) is 1. The molecule has 3 atom stereocenters. The molecule has 0 fully saturated rings. The molecule has 0 aromatic carbocycles. The highest BCUT2D eigenvalue weighted by Gasteiger charge is 2.30. The first-order chi connectivity index (χ1) is 6.93. The van der Waals surface area contributed by atoms with E-state index in [2.05, 4.69) is 11.3 Å². The number of rotatable bonds is 6. The maximum absolute atomic E-state index is 11.1. The summed E-state index contributed by atoms with van der Waals surface area (Å²) in [5.41, 5.74) is 0.0929. The molecule has 0 rings (SSSR count). The minimum atomic E-state index is -1.45. The summed E-state index contributed by atoms with van der Waals surface area (Å²) in [7, 11) is 0. The van der Waals surface area contributed by atoms with Gasteiger partial charge >= 0.3 is 5.97 Å². The molecular weight excluding hydrogens is 204 g/mol. The SMILES string of the molecule is C=C(C)C(=O)OC([C@H](O)CO)[C@@H](O)CO. The third-order valence-electron chi connectivity index (χ3n) is 1.72. The lowest BCUT2D eigenvalue weighted by atomic mass is 10.1. The third-order valence-corrected chi connectivity index (χ3v) is 1.72. The molecule has 0 bridgehead atoms. The van der Waals surface area contributed by atoms with Crippen molar-refractivity contribution in [2.75, 3.05) is 13.2 Å². The minimum Gasteiger partial charge on any atom is -0.453 e. The van der Waals surface area contributed by atoms with Crippen LogP contribution in [0.2, 0.25) is 0 Å². The fourth-order valence-corrected chi connectivity index (χ4v) is 0.845. The molecule has 0 aliphatic carbocycles. The maximum Gasteiger partial charge on any atom is 0.333 e. The molecule has 6 heteroatoms. The zero-order valence-electron chi connectivity index (χ0n) is 8.46. The Hall–Kier alpha value is -0.950. The highest BCUT2D eigenvalue weighted by Crippen LogP contribution is 2.08. The Bertz CT molecular complexity index is 217. The molecule has 0 saturated carbocycles. The lowest BCUT2D eigenvalue weighted by Crippen LogP contribution is -2.44. The van der Waals surface area contributed by atoms with E-state index in [1.54, 1.807) is 0 Å². The summed E-state index contributed by atoms with van der Waals surface area (Å²) in [5.74, 6) is -0.806. The van der Waals surface area contributed by atoms with E-state index in [1.165, 1.54) is 6.92 Å². The van der Waals surface area contributed by atoms with Crippen molar-refractivity contribution in [1.82, 2.24) is 0 Å². The molecule has 0 amide bonds. The molecule has 0 saturated heterocycles. The molecule has 0 aromatic rings. The zero-order chi connectivity index (χ0) is 12.0. The Morgan fingerprint density at radius 1 is 1.27 bits per heavy atom. The molecule has 15 heavy (non-hydrogen) atoms. The number of hydrogen-bond donors (Lipinski definition) is 4. The predicted molar refractivity (Wildman–Crippen MR) is 50.9 cm³/mol. The van der Waals surface area contributed by atoms with Crippen LogP contribution in [0.1, 0.15) is 6.92 Å². The summed E-state index contributed by atoms with van der Waals surface area (Å²) in [5, 5.41) is 35.7. The largest absolute Gasteiger partial charge is 0.453 e. The van der Waals surface area contributed by atoms with Gasteiger partial charge in [0.2, 0.25) is 0 Å². The van der Waals surface area contributed by atoms with Gasteiger partial charge in [0.1, 0.15) is 12.2 Å². The third kappa shape index (κ3) is 4.39. The van der Waals surface area contributed by atoms with Crippen molar-refractivity contribution in [2.24, 2.45) is 0 Å². The Morgan fingerprint density at radius 2 is 1.67 bits per heavy atom. The Labute approximate surface area is 87.4 Å². The van der Waals surface area contributed by atoms with Crippen LogP contribution in [0, 0.1) is 0 Å². The van der Waals surface area contributed by atoms with E-state index in [0.29, 0.717) is 0 Å². The van der Waals surface area contributed by atoms with E-state index in [0.717, 1.165) is 0 Å². The van der Waals surface area contributed by atoms with Crippen LogP contribution < -0.4 is 0 Å². The quantitative estimate of drug-likeness (QED) is 0.310. The summed E-state index contributed by atoms with van der Waals surface area (Å²) in [6.07, 6.45) is -4.27. The highest BCUT2D eigenvalue weighted by atomic mass is 16.6. The summed E-state index contributed by atoms with van der Waals surface area (Å²) in [6, 6.07) is 0. The molecule has 1 unspecified atom stereocenters. The first-order valence-electron chi connectivity index (χ1n) is 4.38. The van der Waals surface area contributed by atoms with Crippen LogP contribution >= 0.6 is 0 Å². The van der Waals surface area contributed by atoms with Gasteiger partial charge in [0.15, 0.2) is 6.10 Å². The van der Waals surface area contributed by atoms with Gasteiger partial charge in [-0.25, -0.2) is 4.79 Å². The number of carbonyl (C=O) groups excluding carboxylic acids is 1. The van der Waals surface area contributed by atoms with Crippen LogP contribution in [0.15, 0.2) is 12.2 Å². The van der Waals surface area contributed by atoms with Crippen LogP contribution in [0.5, 0.6) is 0 Å². The molecule has 0 aromatic heterocycles. The van der Waals surface area contributed by atoms with Gasteiger partial charge in [-0.1, -0.05) is 6.58 Å². The van der Waals surface area contributed by atoms with Crippen LogP contribution in [0.3, 0.4) is 0 Å². The van der Waals surface area contributed by atoms with Crippen molar-refractivity contribution in [3.63, 3.8) is 0 Å². The van der Waals surface area contributed by atoms with Gasteiger partial charge in [-0.15, -0.1) is 0 Å². The van der Waals surface area contributed by atoms with Gasteiger partial charge in [0, 0.05) is 5.57 Å². The van der Waals surface area contributed by atoms with E-state index >= 15 is 0 Å². The van der Waals surface area contributed by atoms with Crippen LogP contribution in [0.25, 0.3) is 0 Å². The average molecular weight is 220 g/mol. The van der Waals surface area contributed by atoms with Gasteiger partial charge in [-0.2, -0.15) is 0 Å². The normalized spacial score (nSPS) is 16.6. The number of aliphatic hydroxyl groups is 4. The van der Waals surface area contributed by atoms with Crippen molar-refractivity contribution in [3.05, 3.63) is 12.2 Å². The van der Waals surface area contributed by atoms with E-state index in [4.69, 9.17) is 10.2 Å². The van der Waals surface area contributed by atoms with E-state index < -0.39 is 37.5 Å². The summed E-state index contributed by atoms with van der Waals surface area (Å²) in [6.45, 7) is 3.34. The van der Waals surface area contributed by atoms with Crippen LogP contribution in [0.4, 0.5) is 0 Å². The fraction of sp³-hybridized carbons (Fsp3) is 0.667. The van der Waals surface area contributed by atoms with E-state index in [1.807, 2.05) is 0 Å². The highest BCUT2D eigenvalue weighted by molar-refractivity contribution is 5.87. The van der Waals surface area contributed by atoms with Crippen molar-refractivity contribution in [2.45, 2.75) is 25.2 Å². The fourth-order valence-electron chi connectivity index (χ4n) is 0.845. The van der Waals surface area contributed by atoms with Gasteiger partial charge in [0.05, 0.1) is 13.2 Å². The number of hydrogen-bond acceptors (Lipinski definition) is 6. The average Bonchev–Trinajstić information content (AvgIpc) is 2.23. The van der Waals surface area contributed by atoms with Crippen molar-refractivity contribution in [1.29, 1.82) is 0 Å². The first-order valence-corrected chi connectivity index (χ1v) is 4.38. The maximum atomic E-state index is 11.1. The second-order valence-corrected chi connectivity index (χ2v) is 3.15. The Balaban J connectivity index is 4.50. The molecule has 0 heterocycles. The predicted octanol–water partition coefficient (Wildman–Crippen LogP) is -1.82. The standard InChI is InChI=1S/C9H16O6/c1-5(2)9(14)15-8(6(12)3-10)7(13)4-11/h6-8,10-13H,1,3-4H2,2H3/t6-,7+,8?. The lowest BCUT2D eigenvalue weighted by molar-refractivity contribution is -0.164. The molecular formula is C9H16O6. The molecule has 0 radical (unpaired) electrons. The Morgan fingerprint density at radius 3 is 1.93 bits per heavy atom. The topological polar surface area (TPSA) is 107 Å². The summed E-state index contributed by atoms with van der Waals surface area (Å²) >= 11 is 0. The number of carbonyl (C=O) groups is 1. The summed E-state index contributed by atoms with van der Waals surface area (Å²) < 4.78 is 4.66. The molecule has 0 spiro atoms. The second-order valence-electron chi connectivity index (χ2n) is 3.15. The van der Waals surface area contributed by atoms with Crippen LogP contribution in [-0.4, -0.2) is 57.9 Å². The molecule has 4 N–H and O–H groups in total. The van der Waals surface area contributed by atoms with E-state index in [-0.39, 0.29) is 5.57 Å². The van der Waals surface area contributed by atoms with Crippen molar-refractivity contribution < 1.29 is 30.0 Å². The van der Waals surface area contributed by atoms with Crippen LogP contribution in [-0.2, 0) is 9.53 Å². The van der Waals surface area contributed by atoms with E-state index in [9.17, 15) is 15.0 Å². The van der Waals surface area contributed by atoms with Crippen molar-refractivity contribution in [3.8, 4) is 0 Å². The summed E-state index contributed by atoms with van der Waals surface area (Å²) in [4.78, 5) is 11.1. The van der Waals surface area contributed by atoms with Crippen molar-refractivity contribution >= 4 is 5.97 Å². The lowest BCUT2D eigenvalue weighted by Gasteiger charge is -2.25. The molecule has 0 aliphatic heterocycles. The number of esters is 1. The van der Waals surface area contributed by atoms with Gasteiger partial charge < -0.3 is 25.2 Å². The monoisotopic (exact) mass is 220 g/mol. The minimum absolute atomic E-state index is 0.0929. The second kappa shape index (κ2) is 6.52. The molecule has 88 valence electrons. The first kappa shape index (κ1) is 14.1. The Kier molecular flexibility index (Phi) is 6.11. The van der Waals surface area contributed by atoms with Gasteiger partial charge in [-0.05, 0) is 6.92 Å². The van der Waals surface area contributed by atoms with Gasteiger partial charge in [0.25, 0.3) is 0 Å². The number of aliphatic hydroxyl groups excluding tert-OH is 4. The zero-order valence-corrected chi connectivity index (χ0v) is 8.46. The van der Waals surface area contributed by atoms with Gasteiger partial charge in [-0.3, -0.25) is 0 Å². The smallest absolute Gasteiger partial charge is 0.333 e. The molecule has 0 aliphatic rings.